The van der Waals surface area contributed by atoms with Crippen LogP contribution in [0.2, 0.25) is 5.02 Å². The second-order valence-corrected chi connectivity index (χ2v) is 5.19. The minimum atomic E-state index is -0.610. The van der Waals surface area contributed by atoms with Crippen molar-refractivity contribution in [3.63, 3.8) is 0 Å². The van der Waals surface area contributed by atoms with E-state index in [1.807, 2.05) is 0 Å². The van der Waals surface area contributed by atoms with E-state index in [-0.39, 0.29) is 27.4 Å². The van der Waals surface area contributed by atoms with Crippen LogP contribution < -0.4 is 5.73 Å². The van der Waals surface area contributed by atoms with Gasteiger partial charge >= 0.3 is 5.97 Å². The third-order valence-electron chi connectivity index (χ3n) is 2.66. The Kier molecular flexibility index (Phi) is 4.62. The molecule has 0 atom stereocenters. The van der Waals surface area contributed by atoms with Gasteiger partial charge in [0, 0.05) is 5.56 Å². The Balaban J connectivity index is 2.13. The van der Waals surface area contributed by atoms with Crippen LogP contribution in [0.1, 0.15) is 15.9 Å². The predicted molar refractivity (Wildman–Crippen MR) is 79.1 cm³/mol. The SMILES string of the molecule is Nc1c(Cl)cccc1C(=O)OCc1cccc(F)c1Br. The van der Waals surface area contributed by atoms with Gasteiger partial charge in [0.2, 0.25) is 0 Å². The van der Waals surface area contributed by atoms with Crippen LogP contribution in [-0.4, -0.2) is 5.97 Å². The molecule has 2 N–H and O–H groups in total. The van der Waals surface area contributed by atoms with Gasteiger partial charge in [-0.05, 0) is 34.1 Å². The van der Waals surface area contributed by atoms with Gasteiger partial charge in [0.25, 0.3) is 0 Å². The summed E-state index contributed by atoms with van der Waals surface area (Å²) in [6, 6.07) is 9.21. The molecule has 2 rings (SSSR count). The lowest BCUT2D eigenvalue weighted by atomic mass is 10.2. The van der Waals surface area contributed by atoms with Crippen molar-refractivity contribution < 1.29 is 13.9 Å². The Morgan fingerprint density at radius 2 is 2.00 bits per heavy atom. The van der Waals surface area contributed by atoms with E-state index in [9.17, 15) is 9.18 Å². The Hall–Kier alpha value is -1.59. The molecular formula is C14H10BrClFNO2. The summed E-state index contributed by atoms with van der Waals surface area (Å²) in [5.41, 5.74) is 6.58. The zero-order chi connectivity index (χ0) is 14.7. The van der Waals surface area contributed by atoms with E-state index < -0.39 is 11.8 Å². The first-order valence-corrected chi connectivity index (χ1v) is 6.82. The average molecular weight is 359 g/mol. The number of hydrogen-bond acceptors (Lipinski definition) is 3. The Bertz CT molecular complexity index is 664. The fourth-order valence-corrected chi connectivity index (χ4v) is 2.15. The molecule has 0 unspecified atom stereocenters. The van der Waals surface area contributed by atoms with Gasteiger partial charge in [0.15, 0.2) is 0 Å². The third-order valence-corrected chi connectivity index (χ3v) is 3.88. The number of halogens is 3. The molecule has 0 aliphatic heterocycles. The minimum absolute atomic E-state index is 0.0663. The van der Waals surface area contributed by atoms with Crippen molar-refractivity contribution in [2.45, 2.75) is 6.61 Å². The standard InChI is InChI=1S/C14H10BrClFNO2/c15-12-8(3-1-6-11(12)17)7-20-14(19)9-4-2-5-10(16)13(9)18/h1-6H,7,18H2. The maximum absolute atomic E-state index is 13.3. The number of anilines is 1. The molecule has 2 aromatic rings. The van der Waals surface area contributed by atoms with Crippen LogP contribution >= 0.6 is 27.5 Å². The van der Waals surface area contributed by atoms with Crippen molar-refractivity contribution in [1.29, 1.82) is 0 Å². The number of nitrogen functional groups attached to an aromatic ring is 1. The van der Waals surface area contributed by atoms with Crippen LogP contribution in [0.4, 0.5) is 10.1 Å². The summed E-state index contributed by atoms with van der Waals surface area (Å²) in [5, 5.41) is 0.284. The molecule has 3 nitrogen and oxygen atoms in total. The van der Waals surface area contributed by atoms with Crippen molar-refractivity contribution >= 4 is 39.2 Å². The molecule has 20 heavy (non-hydrogen) atoms. The number of para-hydroxylation sites is 1. The molecule has 0 aliphatic rings. The lowest BCUT2D eigenvalue weighted by Gasteiger charge is -2.09. The second-order valence-electron chi connectivity index (χ2n) is 3.99. The molecule has 0 bridgehead atoms. The topological polar surface area (TPSA) is 52.3 Å². The molecular weight excluding hydrogens is 349 g/mol. The molecule has 0 aromatic heterocycles. The van der Waals surface area contributed by atoms with Crippen LogP contribution in [0.3, 0.4) is 0 Å². The van der Waals surface area contributed by atoms with Crippen molar-refractivity contribution in [2.24, 2.45) is 0 Å². The zero-order valence-corrected chi connectivity index (χ0v) is 12.5. The molecule has 0 fully saturated rings. The molecule has 0 heterocycles. The number of carbonyl (C=O) groups is 1. The van der Waals surface area contributed by atoms with Crippen LogP contribution in [0.5, 0.6) is 0 Å². The smallest absolute Gasteiger partial charge is 0.340 e. The van der Waals surface area contributed by atoms with Crippen LogP contribution in [0, 0.1) is 5.82 Å². The van der Waals surface area contributed by atoms with E-state index >= 15 is 0 Å². The van der Waals surface area contributed by atoms with Gasteiger partial charge in [-0.3, -0.25) is 0 Å². The van der Waals surface area contributed by atoms with Crippen LogP contribution in [0.15, 0.2) is 40.9 Å². The summed E-state index contributed by atoms with van der Waals surface area (Å²) >= 11 is 8.93. The quantitative estimate of drug-likeness (QED) is 0.661. The molecule has 6 heteroatoms. The molecule has 0 aliphatic carbocycles. The van der Waals surface area contributed by atoms with E-state index in [0.29, 0.717) is 5.56 Å². The zero-order valence-electron chi connectivity index (χ0n) is 10.2. The maximum atomic E-state index is 13.3. The molecule has 104 valence electrons. The number of carbonyl (C=O) groups excluding carboxylic acids is 1. The first-order chi connectivity index (χ1) is 9.50. The van der Waals surface area contributed by atoms with Crippen molar-refractivity contribution in [2.75, 3.05) is 5.73 Å². The third kappa shape index (κ3) is 3.11. The second kappa shape index (κ2) is 6.24. The molecule has 0 saturated heterocycles. The van der Waals surface area contributed by atoms with Crippen molar-refractivity contribution in [1.82, 2.24) is 0 Å². The first kappa shape index (κ1) is 14.8. The fourth-order valence-electron chi connectivity index (χ4n) is 1.60. The van der Waals surface area contributed by atoms with Crippen molar-refractivity contribution in [3.8, 4) is 0 Å². The van der Waals surface area contributed by atoms with Gasteiger partial charge in [-0.2, -0.15) is 0 Å². The first-order valence-electron chi connectivity index (χ1n) is 5.64. The Labute approximate surface area is 128 Å². The molecule has 2 aromatic carbocycles. The van der Waals surface area contributed by atoms with E-state index in [1.54, 1.807) is 18.2 Å². The monoisotopic (exact) mass is 357 g/mol. The summed E-state index contributed by atoms with van der Waals surface area (Å²) < 4.78 is 18.7. The normalized spacial score (nSPS) is 10.3. The highest BCUT2D eigenvalue weighted by Gasteiger charge is 2.14. The maximum Gasteiger partial charge on any atom is 0.340 e. The lowest BCUT2D eigenvalue weighted by Crippen LogP contribution is -2.09. The minimum Gasteiger partial charge on any atom is -0.457 e. The van der Waals surface area contributed by atoms with Gasteiger partial charge in [-0.25, -0.2) is 9.18 Å². The number of esters is 1. The lowest BCUT2D eigenvalue weighted by molar-refractivity contribution is 0.0472. The summed E-state index contributed by atoms with van der Waals surface area (Å²) in [6.45, 7) is -0.0663. The van der Waals surface area contributed by atoms with Crippen molar-refractivity contribution in [3.05, 3.63) is 62.8 Å². The van der Waals surface area contributed by atoms with E-state index in [0.717, 1.165) is 0 Å². The van der Waals surface area contributed by atoms with Crippen LogP contribution in [-0.2, 0) is 11.3 Å². The van der Waals surface area contributed by atoms with Gasteiger partial charge in [0.05, 0.1) is 20.7 Å². The van der Waals surface area contributed by atoms with Gasteiger partial charge < -0.3 is 10.5 Å². The Morgan fingerprint density at radius 1 is 1.30 bits per heavy atom. The van der Waals surface area contributed by atoms with Crippen LogP contribution in [0.25, 0.3) is 0 Å². The summed E-state index contributed by atoms with van der Waals surface area (Å²) in [4.78, 5) is 11.9. The van der Waals surface area contributed by atoms with Gasteiger partial charge in [0.1, 0.15) is 12.4 Å². The fraction of sp³-hybridized carbons (Fsp3) is 0.0714. The highest BCUT2D eigenvalue weighted by atomic mass is 79.9. The van der Waals surface area contributed by atoms with Gasteiger partial charge in [-0.15, -0.1) is 0 Å². The Morgan fingerprint density at radius 3 is 2.75 bits per heavy atom. The predicted octanol–water partition coefficient (Wildman–Crippen LogP) is 4.18. The van der Waals surface area contributed by atoms with E-state index in [1.165, 1.54) is 18.2 Å². The molecule has 0 spiro atoms. The summed E-state index contributed by atoms with van der Waals surface area (Å²) in [6.07, 6.45) is 0. The number of ether oxygens (including phenoxy) is 1. The number of rotatable bonds is 3. The number of nitrogens with two attached hydrogens (primary N) is 1. The largest absolute Gasteiger partial charge is 0.457 e. The highest BCUT2D eigenvalue weighted by Crippen LogP contribution is 2.25. The van der Waals surface area contributed by atoms with E-state index in [4.69, 9.17) is 22.1 Å². The van der Waals surface area contributed by atoms with Gasteiger partial charge in [-0.1, -0.05) is 29.8 Å². The summed E-state index contributed by atoms with van der Waals surface area (Å²) in [5.74, 6) is -1.03. The van der Waals surface area contributed by atoms with E-state index in [2.05, 4.69) is 15.9 Å². The highest BCUT2D eigenvalue weighted by molar-refractivity contribution is 9.10. The number of benzene rings is 2. The molecule has 0 amide bonds. The summed E-state index contributed by atoms with van der Waals surface area (Å²) in [7, 11) is 0. The number of hydrogen-bond donors (Lipinski definition) is 1. The molecule has 0 saturated carbocycles. The average Bonchev–Trinajstić information content (AvgIpc) is 2.43. The molecule has 0 radical (unpaired) electrons.